The fraction of sp³-hybridized carbons (Fsp3) is 0.444. The van der Waals surface area contributed by atoms with E-state index in [9.17, 15) is 19.2 Å². The first-order valence-corrected chi connectivity index (χ1v) is 8.81. The molecular formula is C18H22N4O6. The van der Waals surface area contributed by atoms with E-state index in [0.29, 0.717) is 11.5 Å². The Hall–Kier alpha value is -3.30. The molecule has 3 rings (SSSR count). The van der Waals surface area contributed by atoms with Gasteiger partial charge in [0.25, 0.3) is 5.91 Å². The molecule has 10 heteroatoms. The number of carbonyl (C=O) groups excluding carboxylic acids is 4. The van der Waals surface area contributed by atoms with Gasteiger partial charge >= 0.3 is 12.1 Å². The average molecular weight is 390 g/mol. The largest absolute Gasteiger partial charge is 0.454 e. The summed E-state index contributed by atoms with van der Waals surface area (Å²) in [6, 6.07) is 3.74. The summed E-state index contributed by atoms with van der Waals surface area (Å²) in [7, 11) is 0. The van der Waals surface area contributed by atoms with Crippen LogP contribution < -0.4 is 25.4 Å². The minimum Gasteiger partial charge on any atom is -0.454 e. The molecule has 0 aromatic heterocycles. The van der Waals surface area contributed by atoms with Gasteiger partial charge in [-0.15, -0.1) is 0 Å². The van der Waals surface area contributed by atoms with Crippen LogP contribution in [0.4, 0.5) is 9.59 Å². The van der Waals surface area contributed by atoms with Gasteiger partial charge in [-0.2, -0.15) is 0 Å². The molecule has 0 spiro atoms. The molecule has 0 bridgehead atoms. The molecule has 1 fully saturated rings. The van der Waals surface area contributed by atoms with Gasteiger partial charge in [0, 0.05) is 12.5 Å². The number of carbonyl (C=O) groups is 4. The smallest absolute Gasteiger partial charge is 0.325 e. The van der Waals surface area contributed by atoms with Crippen LogP contribution in [0.1, 0.15) is 26.3 Å². The molecule has 3 N–H and O–H groups in total. The lowest BCUT2D eigenvalue weighted by molar-refractivity contribution is -0.134. The van der Waals surface area contributed by atoms with E-state index in [2.05, 4.69) is 16.0 Å². The summed E-state index contributed by atoms with van der Waals surface area (Å²) < 4.78 is 10.6. The normalized spacial score (nSPS) is 20.4. The maximum absolute atomic E-state index is 12.8. The van der Waals surface area contributed by atoms with Crippen molar-refractivity contribution in [3.8, 4) is 11.5 Å². The first-order valence-electron chi connectivity index (χ1n) is 8.81. The van der Waals surface area contributed by atoms with Gasteiger partial charge in [-0.3, -0.25) is 19.8 Å². The third-order valence-electron chi connectivity index (χ3n) is 4.31. The maximum Gasteiger partial charge on any atom is 0.325 e. The highest BCUT2D eigenvalue weighted by molar-refractivity contribution is 6.09. The number of benzene rings is 1. The van der Waals surface area contributed by atoms with Crippen LogP contribution in [0, 0.1) is 0 Å². The summed E-state index contributed by atoms with van der Waals surface area (Å²) in [6.07, 6.45) is 0.208. The number of hydrogen-bond donors (Lipinski definition) is 3. The van der Waals surface area contributed by atoms with Gasteiger partial charge in [-0.25, -0.2) is 9.59 Å². The maximum atomic E-state index is 12.8. The van der Waals surface area contributed by atoms with Crippen LogP contribution in [0.25, 0.3) is 0 Å². The van der Waals surface area contributed by atoms with Crippen LogP contribution in [0.2, 0.25) is 0 Å². The van der Waals surface area contributed by atoms with E-state index < -0.39 is 36.0 Å². The number of nitrogens with one attached hydrogen (secondary N) is 3. The summed E-state index contributed by atoms with van der Waals surface area (Å²) in [6.45, 7) is 4.65. The number of urea groups is 2. The van der Waals surface area contributed by atoms with Gasteiger partial charge < -0.3 is 20.1 Å². The van der Waals surface area contributed by atoms with Crippen molar-refractivity contribution in [2.75, 3.05) is 13.3 Å². The Labute approximate surface area is 161 Å². The second-order valence-electron chi connectivity index (χ2n) is 7.19. The van der Waals surface area contributed by atoms with Crippen LogP contribution in [0.15, 0.2) is 18.2 Å². The predicted molar refractivity (Wildman–Crippen MR) is 96.7 cm³/mol. The molecular weight excluding hydrogens is 368 g/mol. The van der Waals surface area contributed by atoms with Crippen molar-refractivity contribution in [2.45, 2.75) is 38.8 Å². The SMILES string of the molecule is CC(C)NC(=O)NC(=O)CN1C(=O)N[C@](C)(Cc2ccc3c(c2)OCO3)C1=O. The van der Waals surface area contributed by atoms with E-state index in [-0.39, 0.29) is 19.3 Å². The molecule has 0 unspecified atom stereocenters. The van der Waals surface area contributed by atoms with Crippen LogP contribution >= 0.6 is 0 Å². The minimum absolute atomic E-state index is 0.138. The molecule has 0 radical (unpaired) electrons. The van der Waals surface area contributed by atoms with E-state index in [1.165, 1.54) is 0 Å². The molecule has 10 nitrogen and oxygen atoms in total. The van der Waals surface area contributed by atoms with Crippen molar-refractivity contribution in [3.63, 3.8) is 0 Å². The molecule has 1 atom stereocenters. The number of nitrogens with zero attached hydrogens (tertiary/aromatic N) is 1. The molecule has 2 heterocycles. The van der Waals surface area contributed by atoms with Crippen LogP contribution in [0.3, 0.4) is 0 Å². The standard InChI is InChI=1S/C18H22N4O6/c1-10(2)19-16(25)20-14(23)8-22-15(24)18(3,21-17(22)26)7-11-4-5-12-13(6-11)28-9-27-12/h4-6,10H,7-9H2,1-3H3,(H,21,26)(H2,19,20,23,25)/t18-/m1/s1. The Morgan fingerprint density at radius 3 is 2.68 bits per heavy atom. The summed E-state index contributed by atoms with van der Waals surface area (Å²) >= 11 is 0. The van der Waals surface area contributed by atoms with Gasteiger partial charge in [-0.1, -0.05) is 6.07 Å². The van der Waals surface area contributed by atoms with Crippen molar-refractivity contribution in [2.24, 2.45) is 0 Å². The highest BCUT2D eigenvalue weighted by Crippen LogP contribution is 2.34. The number of hydrogen-bond acceptors (Lipinski definition) is 6. The molecule has 28 heavy (non-hydrogen) atoms. The average Bonchev–Trinajstić information content (AvgIpc) is 3.12. The molecule has 2 aliphatic rings. The number of rotatable bonds is 5. The molecule has 1 aromatic rings. The first-order chi connectivity index (χ1) is 13.2. The molecule has 1 saturated heterocycles. The lowest BCUT2D eigenvalue weighted by Crippen LogP contribution is -2.49. The highest BCUT2D eigenvalue weighted by Gasteiger charge is 2.48. The number of ether oxygens (including phenoxy) is 2. The lowest BCUT2D eigenvalue weighted by atomic mass is 9.92. The van der Waals surface area contributed by atoms with E-state index in [1.807, 2.05) is 0 Å². The first kappa shape index (κ1) is 19.5. The van der Waals surface area contributed by atoms with Crippen molar-refractivity contribution in [3.05, 3.63) is 23.8 Å². The molecule has 0 saturated carbocycles. The van der Waals surface area contributed by atoms with Gasteiger partial charge in [-0.05, 0) is 38.5 Å². The van der Waals surface area contributed by atoms with Crippen LogP contribution in [0.5, 0.6) is 11.5 Å². The van der Waals surface area contributed by atoms with Gasteiger partial charge in [0.05, 0.1) is 0 Å². The van der Waals surface area contributed by atoms with E-state index in [0.717, 1.165) is 10.5 Å². The quantitative estimate of drug-likeness (QED) is 0.629. The molecule has 6 amide bonds. The topological polar surface area (TPSA) is 126 Å². The highest BCUT2D eigenvalue weighted by atomic mass is 16.7. The lowest BCUT2D eigenvalue weighted by Gasteiger charge is -2.21. The Bertz CT molecular complexity index is 839. The fourth-order valence-corrected chi connectivity index (χ4v) is 3.08. The number of fused-ring (bicyclic) bond motifs is 1. The second-order valence-corrected chi connectivity index (χ2v) is 7.19. The second kappa shape index (κ2) is 7.37. The summed E-state index contributed by atoms with van der Waals surface area (Å²) in [4.78, 5) is 49.4. The van der Waals surface area contributed by atoms with E-state index in [1.54, 1.807) is 39.0 Å². The third kappa shape index (κ3) is 4.00. The van der Waals surface area contributed by atoms with Crippen LogP contribution in [-0.4, -0.2) is 53.7 Å². The summed E-state index contributed by atoms with van der Waals surface area (Å²) in [5, 5.41) is 7.21. The number of amides is 6. The summed E-state index contributed by atoms with van der Waals surface area (Å²) in [5.41, 5.74) is -0.450. The van der Waals surface area contributed by atoms with Crippen molar-refractivity contribution < 1.29 is 28.7 Å². The van der Waals surface area contributed by atoms with Gasteiger partial charge in [0.15, 0.2) is 11.5 Å². The van der Waals surface area contributed by atoms with E-state index in [4.69, 9.17) is 9.47 Å². The van der Waals surface area contributed by atoms with Gasteiger partial charge in [0.1, 0.15) is 12.1 Å². The fourth-order valence-electron chi connectivity index (χ4n) is 3.08. The zero-order chi connectivity index (χ0) is 20.5. The molecule has 0 aliphatic carbocycles. The Morgan fingerprint density at radius 2 is 1.96 bits per heavy atom. The monoisotopic (exact) mass is 390 g/mol. The molecule has 2 aliphatic heterocycles. The summed E-state index contributed by atoms with van der Waals surface area (Å²) in [5.74, 6) is -0.109. The Morgan fingerprint density at radius 1 is 1.25 bits per heavy atom. The zero-order valence-electron chi connectivity index (χ0n) is 15.8. The van der Waals surface area contributed by atoms with Crippen LogP contribution in [-0.2, 0) is 16.0 Å². The van der Waals surface area contributed by atoms with Crippen molar-refractivity contribution in [1.82, 2.24) is 20.9 Å². The Balaban J connectivity index is 1.65. The minimum atomic E-state index is -1.22. The van der Waals surface area contributed by atoms with Crippen molar-refractivity contribution in [1.29, 1.82) is 0 Å². The molecule has 1 aromatic carbocycles. The van der Waals surface area contributed by atoms with Crippen molar-refractivity contribution >= 4 is 23.9 Å². The number of imide groups is 2. The Kier molecular flexibility index (Phi) is 5.12. The zero-order valence-corrected chi connectivity index (χ0v) is 15.8. The predicted octanol–water partition coefficient (Wildman–Crippen LogP) is 0.503. The van der Waals surface area contributed by atoms with Gasteiger partial charge in [0.2, 0.25) is 12.7 Å². The molecule has 150 valence electrons. The van der Waals surface area contributed by atoms with E-state index >= 15 is 0 Å². The third-order valence-corrected chi connectivity index (χ3v) is 4.31.